The second-order valence-corrected chi connectivity index (χ2v) is 4.84. The van der Waals surface area contributed by atoms with Gasteiger partial charge >= 0.3 is 5.69 Å². The molecule has 0 aliphatic carbocycles. The van der Waals surface area contributed by atoms with Crippen LogP contribution in [0.25, 0.3) is 0 Å². The summed E-state index contributed by atoms with van der Waals surface area (Å²) >= 11 is 0. The van der Waals surface area contributed by atoms with E-state index in [0.29, 0.717) is 6.07 Å². The molecular formula is C8H8FN3O5S. The van der Waals surface area contributed by atoms with Crippen molar-refractivity contribution < 1.29 is 22.5 Å². The predicted octanol–water partition coefficient (Wildman–Crippen LogP) is 0.0633. The number of carbonyl (C=O) groups is 1. The summed E-state index contributed by atoms with van der Waals surface area (Å²) in [5.41, 5.74) is 0.969. The van der Waals surface area contributed by atoms with Crippen molar-refractivity contribution in [1.82, 2.24) is 10.3 Å². The third-order valence-electron chi connectivity index (χ3n) is 1.79. The minimum atomic E-state index is -4.16. The normalized spacial score (nSPS) is 11.0. The van der Waals surface area contributed by atoms with Gasteiger partial charge < -0.3 is 0 Å². The average molecular weight is 277 g/mol. The Morgan fingerprint density at radius 3 is 2.50 bits per heavy atom. The third-order valence-corrected chi connectivity index (χ3v) is 3.03. The smallest absolute Gasteiger partial charge is 0.278 e. The van der Waals surface area contributed by atoms with Gasteiger partial charge in [-0.05, 0) is 6.07 Å². The molecule has 0 radical (unpaired) electrons. The van der Waals surface area contributed by atoms with E-state index < -0.39 is 37.3 Å². The maximum absolute atomic E-state index is 13.2. The Balaban J connectivity index is 3.08. The van der Waals surface area contributed by atoms with Crippen molar-refractivity contribution in [1.29, 1.82) is 0 Å². The molecule has 1 aromatic rings. The van der Waals surface area contributed by atoms with Crippen LogP contribution in [0.15, 0.2) is 23.1 Å². The minimum absolute atomic E-state index is 0.488. The van der Waals surface area contributed by atoms with Gasteiger partial charge in [0, 0.05) is 19.1 Å². The average Bonchev–Trinajstić information content (AvgIpc) is 2.26. The van der Waals surface area contributed by atoms with Crippen molar-refractivity contribution in [3.8, 4) is 0 Å². The fourth-order valence-corrected chi connectivity index (χ4v) is 1.90. The van der Waals surface area contributed by atoms with Crippen LogP contribution in [0.2, 0.25) is 0 Å². The number of amides is 1. The number of rotatable bonds is 4. The van der Waals surface area contributed by atoms with E-state index in [1.165, 1.54) is 0 Å². The van der Waals surface area contributed by atoms with Crippen molar-refractivity contribution in [3.05, 3.63) is 34.1 Å². The van der Waals surface area contributed by atoms with Crippen LogP contribution in [0.3, 0.4) is 0 Å². The molecule has 0 saturated heterocycles. The lowest BCUT2D eigenvalue weighted by Gasteiger charge is -2.06. The highest BCUT2D eigenvalue weighted by Gasteiger charge is 2.20. The Hall–Kier alpha value is -2.07. The molecule has 0 unspecified atom stereocenters. The van der Waals surface area contributed by atoms with E-state index in [0.717, 1.165) is 19.1 Å². The van der Waals surface area contributed by atoms with E-state index in [1.54, 1.807) is 4.83 Å². The van der Waals surface area contributed by atoms with Crippen molar-refractivity contribution in [2.75, 3.05) is 0 Å². The monoisotopic (exact) mass is 277 g/mol. The number of nitrogens with one attached hydrogen (secondary N) is 2. The maximum atomic E-state index is 13.2. The van der Waals surface area contributed by atoms with Gasteiger partial charge in [-0.25, -0.2) is 8.42 Å². The molecule has 18 heavy (non-hydrogen) atoms. The summed E-state index contributed by atoms with van der Waals surface area (Å²) in [5, 5.41) is 10.3. The van der Waals surface area contributed by atoms with Gasteiger partial charge in [0.1, 0.15) is 0 Å². The van der Waals surface area contributed by atoms with Gasteiger partial charge in [-0.15, -0.1) is 4.83 Å². The molecule has 0 aliphatic rings. The number of nitro groups is 1. The first kappa shape index (κ1) is 14.0. The number of benzene rings is 1. The zero-order chi connectivity index (χ0) is 13.9. The number of nitrogens with zero attached hydrogens (tertiary/aromatic N) is 1. The van der Waals surface area contributed by atoms with E-state index >= 15 is 0 Å². The molecule has 0 heterocycles. The Bertz CT molecular complexity index is 601. The highest BCUT2D eigenvalue weighted by Crippen LogP contribution is 2.20. The summed E-state index contributed by atoms with van der Waals surface area (Å²) < 4.78 is 36.2. The van der Waals surface area contributed by atoms with Gasteiger partial charge in [-0.1, -0.05) is 0 Å². The molecule has 1 rings (SSSR count). The number of hydrogen-bond donors (Lipinski definition) is 2. The van der Waals surface area contributed by atoms with Crippen LogP contribution in [0.5, 0.6) is 0 Å². The lowest BCUT2D eigenvalue weighted by atomic mass is 10.3. The molecule has 0 spiro atoms. The van der Waals surface area contributed by atoms with E-state index in [-0.39, 0.29) is 0 Å². The van der Waals surface area contributed by atoms with Crippen LogP contribution in [0.4, 0.5) is 10.1 Å². The fourth-order valence-electron chi connectivity index (χ4n) is 1.00. The first-order valence-corrected chi connectivity index (χ1v) is 5.94. The fraction of sp³-hybridized carbons (Fsp3) is 0.125. The van der Waals surface area contributed by atoms with Crippen LogP contribution < -0.4 is 10.3 Å². The van der Waals surface area contributed by atoms with Crippen LogP contribution >= 0.6 is 0 Å². The molecule has 2 N–H and O–H groups in total. The molecule has 0 aliphatic heterocycles. The molecule has 0 saturated carbocycles. The Morgan fingerprint density at radius 1 is 1.44 bits per heavy atom. The van der Waals surface area contributed by atoms with Gasteiger partial charge in [-0.2, -0.15) is 4.39 Å². The highest BCUT2D eigenvalue weighted by atomic mass is 32.2. The summed E-state index contributed by atoms with van der Waals surface area (Å²) in [6.07, 6.45) is 0. The quantitative estimate of drug-likeness (QED) is 0.596. The lowest BCUT2D eigenvalue weighted by Crippen LogP contribution is -2.40. The largest absolute Gasteiger partial charge is 0.304 e. The van der Waals surface area contributed by atoms with Gasteiger partial charge in [0.15, 0.2) is 0 Å². The molecule has 8 nitrogen and oxygen atoms in total. The predicted molar refractivity (Wildman–Crippen MR) is 57.2 cm³/mol. The standard InChI is InChI=1S/C8H8FN3O5S/c1-5(13)10-11-18(16,17)6-2-3-8(12(14)15)7(9)4-6/h2-4,11H,1H3,(H,10,13). The van der Waals surface area contributed by atoms with Gasteiger partial charge in [0.05, 0.1) is 9.82 Å². The van der Waals surface area contributed by atoms with E-state index in [4.69, 9.17) is 0 Å². The first-order valence-electron chi connectivity index (χ1n) is 4.46. The molecule has 0 bridgehead atoms. The Labute approximate surface area is 101 Å². The first-order chi connectivity index (χ1) is 8.24. The summed E-state index contributed by atoms with van der Waals surface area (Å²) in [4.78, 5) is 21.0. The molecule has 0 atom stereocenters. The Kier molecular flexibility index (Phi) is 3.93. The third kappa shape index (κ3) is 3.21. The van der Waals surface area contributed by atoms with Crippen molar-refractivity contribution >= 4 is 21.6 Å². The molecule has 1 aromatic carbocycles. The number of nitro benzene ring substituents is 1. The van der Waals surface area contributed by atoms with Crippen LogP contribution in [0, 0.1) is 15.9 Å². The van der Waals surface area contributed by atoms with Gasteiger partial charge in [0.25, 0.3) is 10.0 Å². The molecular weight excluding hydrogens is 269 g/mol. The summed E-state index contributed by atoms with van der Waals surface area (Å²) in [6, 6.07) is 2.06. The number of hydrazine groups is 1. The van der Waals surface area contributed by atoms with E-state index in [2.05, 4.69) is 0 Å². The molecule has 1 amide bonds. The minimum Gasteiger partial charge on any atom is -0.278 e. The zero-order valence-corrected chi connectivity index (χ0v) is 9.82. The van der Waals surface area contributed by atoms with Crippen molar-refractivity contribution in [2.45, 2.75) is 11.8 Å². The topological polar surface area (TPSA) is 118 Å². The number of sulfonamides is 1. The Morgan fingerprint density at radius 2 is 2.06 bits per heavy atom. The number of carbonyl (C=O) groups excluding carboxylic acids is 1. The van der Waals surface area contributed by atoms with Crippen molar-refractivity contribution in [2.24, 2.45) is 0 Å². The molecule has 10 heteroatoms. The SMILES string of the molecule is CC(=O)NNS(=O)(=O)c1ccc([N+](=O)[O-])c(F)c1. The molecule has 0 aromatic heterocycles. The summed E-state index contributed by atoms with van der Waals surface area (Å²) in [7, 11) is -4.16. The highest BCUT2D eigenvalue weighted by molar-refractivity contribution is 7.89. The number of halogens is 1. The second-order valence-electron chi connectivity index (χ2n) is 3.16. The van der Waals surface area contributed by atoms with Gasteiger partial charge in [0.2, 0.25) is 11.7 Å². The van der Waals surface area contributed by atoms with Gasteiger partial charge in [-0.3, -0.25) is 20.3 Å². The van der Waals surface area contributed by atoms with Crippen LogP contribution in [0.1, 0.15) is 6.92 Å². The van der Waals surface area contributed by atoms with E-state index in [9.17, 15) is 27.7 Å². The van der Waals surface area contributed by atoms with E-state index in [1.807, 2.05) is 5.43 Å². The van der Waals surface area contributed by atoms with Crippen molar-refractivity contribution in [3.63, 3.8) is 0 Å². The zero-order valence-electron chi connectivity index (χ0n) is 9.01. The van der Waals surface area contributed by atoms with Crippen LogP contribution in [-0.2, 0) is 14.8 Å². The summed E-state index contributed by atoms with van der Waals surface area (Å²) in [6.45, 7) is 1.07. The summed E-state index contributed by atoms with van der Waals surface area (Å²) in [5.74, 6) is -1.95. The molecule has 0 fully saturated rings. The van der Waals surface area contributed by atoms with Crippen LogP contribution in [-0.4, -0.2) is 19.2 Å². The lowest BCUT2D eigenvalue weighted by molar-refractivity contribution is -0.387. The maximum Gasteiger partial charge on any atom is 0.304 e. The number of hydrogen-bond acceptors (Lipinski definition) is 5. The second kappa shape index (κ2) is 5.06. The molecule has 98 valence electrons.